The van der Waals surface area contributed by atoms with E-state index in [-0.39, 0.29) is 0 Å². The average molecular weight is 358 g/mol. The monoisotopic (exact) mass is 358 g/mol. The number of carbonyl (C=O) groups is 1. The summed E-state index contributed by atoms with van der Waals surface area (Å²) in [6.45, 7) is 3.65. The molecule has 23 heavy (non-hydrogen) atoms. The molecule has 0 spiro atoms. The van der Waals surface area contributed by atoms with Gasteiger partial charge < -0.3 is 4.18 Å². The molecule has 0 aromatic carbocycles. The van der Waals surface area contributed by atoms with E-state index in [9.17, 15) is 26.4 Å². The van der Waals surface area contributed by atoms with E-state index in [4.69, 9.17) is 0 Å². The molecule has 2 atom stereocenters. The van der Waals surface area contributed by atoms with Gasteiger partial charge >= 0.3 is 16.1 Å². The van der Waals surface area contributed by atoms with Crippen LogP contribution >= 0.6 is 0 Å². The van der Waals surface area contributed by atoms with Crippen LogP contribution in [0.4, 0.5) is 13.2 Å². The molecule has 0 N–H and O–H groups in total. The summed E-state index contributed by atoms with van der Waals surface area (Å²) in [5, 5.41) is 0. The summed E-state index contributed by atoms with van der Waals surface area (Å²) in [7, 11) is -4.13. The van der Waals surface area contributed by atoms with Crippen molar-refractivity contribution in [3.63, 3.8) is 0 Å². The minimum atomic E-state index is -4.13. The van der Waals surface area contributed by atoms with Crippen LogP contribution in [0.3, 0.4) is 0 Å². The molecule has 0 aromatic heterocycles. The van der Waals surface area contributed by atoms with E-state index in [2.05, 4.69) is 11.1 Å². The van der Waals surface area contributed by atoms with Gasteiger partial charge in [-0.3, -0.25) is 4.79 Å². The Kier molecular flexibility index (Phi) is 11.0. The first-order valence-electron chi connectivity index (χ1n) is 7.72. The third-order valence-corrected chi connectivity index (χ3v) is 4.22. The molecule has 4 nitrogen and oxygen atoms in total. The maximum Gasteiger partial charge on any atom is 0.324 e. The molecule has 8 heteroatoms. The molecular weight excluding hydrogens is 333 g/mol. The van der Waals surface area contributed by atoms with E-state index in [1.165, 1.54) is 0 Å². The van der Waals surface area contributed by atoms with E-state index in [1.807, 2.05) is 0 Å². The van der Waals surface area contributed by atoms with Crippen molar-refractivity contribution in [3.05, 3.63) is 12.2 Å². The lowest BCUT2D eigenvalue weighted by molar-refractivity contribution is -0.138. The van der Waals surface area contributed by atoms with Gasteiger partial charge in [-0.05, 0) is 6.42 Å². The Morgan fingerprint density at radius 2 is 1.78 bits per heavy atom. The van der Waals surface area contributed by atoms with Gasteiger partial charge in [0.2, 0.25) is 0 Å². The zero-order valence-electron chi connectivity index (χ0n) is 13.5. The number of hydrogen-bond acceptors (Lipinski definition) is 4. The first-order chi connectivity index (χ1) is 10.7. The van der Waals surface area contributed by atoms with Crippen molar-refractivity contribution in [2.75, 3.05) is 5.75 Å². The summed E-state index contributed by atoms with van der Waals surface area (Å²) in [5.41, 5.74) is 0. The predicted octanol–water partition coefficient (Wildman–Crippen LogP) is 4.02. The zero-order valence-corrected chi connectivity index (χ0v) is 14.3. The van der Waals surface area contributed by atoms with E-state index in [1.54, 1.807) is 6.92 Å². The third kappa shape index (κ3) is 11.2. The molecule has 0 saturated carbocycles. The fraction of sp³-hybridized carbons (Fsp3) is 0.800. The summed E-state index contributed by atoms with van der Waals surface area (Å²) < 4.78 is 64.0. The van der Waals surface area contributed by atoms with Crippen LogP contribution in [-0.2, 0) is 19.1 Å². The van der Waals surface area contributed by atoms with Crippen LogP contribution < -0.4 is 0 Å². The molecule has 0 amide bonds. The Hall–Kier alpha value is -1.05. The molecule has 0 saturated heterocycles. The summed E-state index contributed by atoms with van der Waals surface area (Å²) in [6, 6.07) is 0. The van der Waals surface area contributed by atoms with Gasteiger partial charge in [0, 0.05) is 6.42 Å². The topological polar surface area (TPSA) is 60.4 Å². The quantitative estimate of drug-likeness (QED) is 0.300. The minimum absolute atomic E-state index is 0.528. The summed E-state index contributed by atoms with van der Waals surface area (Å²) in [4.78, 5) is 11.7. The van der Waals surface area contributed by atoms with Crippen LogP contribution in [0.25, 0.3) is 0 Å². The molecule has 0 fully saturated rings. The van der Waals surface area contributed by atoms with E-state index < -0.39 is 46.8 Å². The van der Waals surface area contributed by atoms with Gasteiger partial charge in [0.25, 0.3) is 6.43 Å². The summed E-state index contributed by atoms with van der Waals surface area (Å²) in [6.07, 6.45) is 0.413. The normalized spacial score (nSPS) is 15.0. The second-order valence-corrected chi connectivity index (χ2v) is 7.05. The van der Waals surface area contributed by atoms with Gasteiger partial charge in [-0.2, -0.15) is 8.42 Å². The van der Waals surface area contributed by atoms with Crippen molar-refractivity contribution in [2.45, 2.75) is 65.0 Å². The predicted molar refractivity (Wildman–Crippen MR) is 82.5 cm³/mol. The van der Waals surface area contributed by atoms with Gasteiger partial charge in [-0.15, -0.1) is 0 Å². The second kappa shape index (κ2) is 11.5. The fourth-order valence-electron chi connectivity index (χ4n) is 1.75. The molecule has 0 aliphatic heterocycles. The molecule has 0 bridgehead atoms. The Morgan fingerprint density at radius 3 is 2.35 bits per heavy atom. The van der Waals surface area contributed by atoms with E-state index in [0.717, 1.165) is 37.8 Å². The van der Waals surface area contributed by atoms with Crippen molar-refractivity contribution >= 4 is 16.1 Å². The zero-order chi connectivity index (χ0) is 17.9. The van der Waals surface area contributed by atoms with Crippen LogP contribution in [0.1, 0.15) is 52.4 Å². The summed E-state index contributed by atoms with van der Waals surface area (Å²) in [5.74, 6) is -2.01. The highest BCUT2D eigenvalue weighted by Crippen LogP contribution is 2.14. The smallest absolute Gasteiger partial charge is 0.324 e. The average Bonchev–Trinajstić information content (AvgIpc) is 2.47. The van der Waals surface area contributed by atoms with Crippen molar-refractivity contribution in [3.8, 4) is 0 Å². The largest absolute Gasteiger partial charge is 0.345 e. The number of carbonyl (C=O) groups excluding carboxylic acids is 1. The second-order valence-electron chi connectivity index (χ2n) is 5.43. The fourth-order valence-corrected chi connectivity index (χ4v) is 2.61. The Balaban J connectivity index is 4.19. The molecule has 0 rings (SSSR count). The number of hydrogen-bond donors (Lipinski definition) is 0. The molecule has 0 aliphatic rings. The lowest BCUT2D eigenvalue weighted by Gasteiger charge is -2.10. The van der Waals surface area contributed by atoms with Crippen molar-refractivity contribution in [1.82, 2.24) is 0 Å². The number of alkyl halides is 3. The van der Waals surface area contributed by atoms with Crippen molar-refractivity contribution in [1.29, 1.82) is 0 Å². The van der Waals surface area contributed by atoms with Gasteiger partial charge in [-0.25, -0.2) is 13.2 Å². The van der Waals surface area contributed by atoms with Gasteiger partial charge in [0.05, 0.1) is 5.92 Å². The maximum atomic E-state index is 12.6. The SMILES string of the molecule is CCCCCCC(C)C(=O)OS(=O)(=O)CC=CCC(F)C(F)F. The van der Waals surface area contributed by atoms with Crippen LogP contribution in [-0.4, -0.2) is 32.7 Å². The first-order valence-corrected chi connectivity index (χ1v) is 9.30. The van der Waals surface area contributed by atoms with E-state index >= 15 is 0 Å². The molecule has 0 aliphatic carbocycles. The van der Waals surface area contributed by atoms with Crippen LogP contribution in [0, 0.1) is 5.92 Å². The molecule has 136 valence electrons. The lowest BCUT2D eigenvalue weighted by Crippen LogP contribution is -2.21. The van der Waals surface area contributed by atoms with Crippen LogP contribution in [0.5, 0.6) is 0 Å². The first kappa shape index (κ1) is 21.9. The molecule has 0 heterocycles. The van der Waals surface area contributed by atoms with Crippen molar-refractivity contribution < 1.29 is 30.6 Å². The van der Waals surface area contributed by atoms with Crippen molar-refractivity contribution in [2.24, 2.45) is 5.92 Å². The molecule has 0 aromatic rings. The highest BCUT2D eigenvalue weighted by molar-refractivity contribution is 7.87. The number of rotatable bonds is 12. The summed E-state index contributed by atoms with van der Waals surface area (Å²) >= 11 is 0. The Morgan fingerprint density at radius 1 is 1.13 bits per heavy atom. The van der Waals surface area contributed by atoms with Crippen LogP contribution in [0.15, 0.2) is 12.2 Å². The third-order valence-electron chi connectivity index (χ3n) is 3.20. The maximum absolute atomic E-state index is 12.6. The van der Waals surface area contributed by atoms with Gasteiger partial charge in [0.1, 0.15) is 5.75 Å². The van der Waals surface area contributed by atoms with E-state index in [0.29, 0.717) is 6.42 Å². The van der Waals surface area contributed by atoms with Gasteiger partial charge in [-0.1, -0.05) is 51.7 Å². The highest BCUT2D eigenvalue weighted by atomic mass is 32.2. The minimum Gasteiger partial charge on any atom is -0.345 e. The lowest BCUT2D eigenvalue weighted by atomic mass is 10.0. The standard InChI is InChI=1S/C15H25F3O4S/c1-3-4-5-6-9-12(2)15(19)22-23(20,21)11-8-7-10-13(16)14(17)18/h7-8,12-14H,3-6,9-11H2,1-2H3. The molecule has 0 radical (unpaired) electrons. The molecule has 2 unspecified atom stereocenters. The molecular formula is C15H25F3O4S. The van der Waals surface area contributed by atoms with Gasteiger partial charge in [0.15, 0.2) is 6.17 Å². The highest BCUT2D eigenvalue weighted by Gasteiger charge is 2.21. The Labute approximate surface area is 136 Å². The van der Waals surface area contributed by atoms with Crippen LogP contribution in [0.2, 0.25) is 0 Å². The number of unbranched alkanes of at least 4 members (excludes halogenated alkanes) is 3. The number of allylic oxidation sites excluding steroid dienone is 1. The Bertz CT molecular complexity index is 463. The number of halogens is 3.